The van der Waals surface area contributed by atoms with Crippen molar-refractivity contribution in [2.45, 2.75) is 33.1 Å². The molecule has 72 valence electrons. The fraction of sp³-hybridized carbons (Fsp3) is 0.800. The van der Waals surface area contributed by atoms with Gasteiger partial charge in [0.2, 0.25) is 0 Å². The third-order valence-corrected chi connectivity index (χ3v) is 1.49. The molecule has 0 amide bonds. The van der Waals surface area contributed by atoms with Crippen LogP contribution in [0, 0.1) is 5.92 Å². The quantitative estimate of drug-likeness (QED) is 0.472. The summed E-state index contributed by atoms with van der Waals surface area (Å²) >= 11 is 0. The summed E-state index contributed by atoms with van der Waals surface area (Å²) in [6, 6.07) is 0. The van der Waals surface area contributed by atoms with Crippen LogP contribution >= 0.6 is 0 Å². The summed E-state index contributed by atoms with van der Waals surface area (Å²) in [5.74, 6) is 1.47. The molecule has 0 aliphatic carbocycles. The molecule has 0 aromatic rings. The molecule has 0 saturated heterocycles. The molecule has 0 saturated carbocycles. The first kappa shape index (κ1) is 11.5. The molecule has 0 aliphatic rings. The van der Waals surface area contributed by atoms with Gasteiger partial charge in [-0.2, -0.15) is 0 Å². The lowest BCUT2D eigenvalue weighted by molar-refractivity contribution is 0.180. The van der Waals surface area contributed by atoms with Crippen LogP contribution in [-0.4, -0.2) is 18.3 Å². The van der Waals surface area contributed by atoms with E-state index in [1.165, 1.54) is 0 Å². The SMILES string of the molecule is C=C(CC(C)C)OCCCCO. The average Bonchev–Trinajstić information content (AvgIpc) is 1.97. The number of rotatable bonds is 7. The zero-order valence-corrected chi connectivity index (χ0v) is 8.18. The number of hydrogen-bond acceptors (Lipinski definition) is 2. The highest BCUT2D eigenvalue weighted by molar-refractivity contribution is 4.83. The van der Waals surface area contributed by atoms with Gasteiger partial charge in [0.15, 0.2) is 0 Å². The Labute approximate surface area is 75.2 Å². The van der Waals surface area contributed by atoms with Gasteiger partial charge in [0.05, 0.1) is 12.4 Å². The summed E-state index contributed by atoms with van der Waals surface area (Å²) in [6.07, 6.45) is 2.65. The molecule has 0 fully saturated rings. The Balaban J connectivity index is 3.20. The van der Waals surface area contributed by atoms with Crippen LogP contribution in [-0.2, 0) is 4.74 Å². The minimum absolute atomic E-state index is 0.250. The maximum atomic E-state index is 8.50. The van der Waals surface area contributed by atoms with E-state index in [0.29, 0.717) is 12.5 Å². The monoisotopic (exact) mass is 172 g/mol. The summed E-state index contributed by atoms with van der Waals surface area (Å²) in [7, 11) is 0. The van der Waals surface area contributed by atoms with Crippen LogP contribution in [0.2, 0.25) is 0 Å². The number of aliphatic hydroxyl groups is 1. The molecular weight excluding hydrogens is 152 g/mol. The Kier molecular flexibility index (Phi) is 6.87. The number of hydrogen-bond donors (Lipinski definition) is 1. The standard InChI is InChI=1S/C10H20O2/c1-9(2)8-10(3)12-7-5-4-6-11/h9,11H,3-8H2,1-2H3. The second-order valence-corrected chi connectivity index (χ2v) is 3.42. The van der Waals surface area contributed by atoms with Crippen LogP contribution in [0.15, 0.2) is 12.3 Å². The van der Waals surface area contributed by atoms with Gasteiger partial charge in [-0.05, 0) is 18.8 Å². The fourth-order valence-electron chi connectivity index (χ4n) is 0.945. The highest BCUT2D eigenvalue weighted by atomic mass is 16.5. The van der Waals surface area contributed by atoms with Crippen LogP contribution < -0.4 is 0 Å². The van der Waals surface area contributed by atoms with Crippen LogP contribution in [0.4, 0.5) is 0 Å². The lowest BCUT2D eigenvalue weighted by Gasteiger charge is -2.10. The molecule has 2 heteroatoms. The smallest absolute Gasteiger partial charge is 0.0890 e. The van der Waals surface area contributed by atoms with Crippen molar-refractivity contribution in [3.8, 4) is 0 Å². The van der Waals surface area contributed by atoms with E-state index in [9.17, 15) is 0 Å². The Morgan fingerprint density at radius 1 is 1.42 bits per heavy atom. The number of ether oxygens (including phenoxy) is 1. The minimum atomic E-state index is 0.250. The van der Waals surface area contributed by atoms with Crippen LogP contribution in [0.1, 0.15) is 33.1 Å². The summed E-state index contributed by atoms with van der Waals surface area (Å²) in [4.78, 5) is 0. The van der Waals surface area contributed by atoms with Gasteiger partial charge in [-0.3, -0.25) is 0 Å². The van der Waals surface area contributed by atoms with E-state index < -0.39 is 0 Å². The summed E-state index contributed by atoms with van der Waals surface area (Å²) in [5, 5.41) is 8.50. The lowest BCUT2D eigenvalue weighted by Crippen LogP contribution is -1.98. The van der Waals surface area contributed by atoms with Crippen molar-refractivity contribution >= 4 is 0 Å². The highest BCUT2D eigenvalue weighted by Gasteiger charge is 1.98. The predicted octanol–water partition coefficient (Wildman–Crippen LogP) is 2.34. The first-order valence-electron chi connectivity index (χ1n) is 4.58. The molecule has 0 bridgehead atoms. The fourth-order valence-corrected chi connectivity index (χ4v) is 0.945. The maximum Gasteiger partial charge on any atom is 0.0890 e. The molecular formula is C10H20O2. The highest BCUT2D eigenvalue weighted by Crippen LogP contribution is 2.09. The molecule has 0 unspecified atom stereocenters. The third-order valence-electron chi connectivity index (χ3n) is 1.49. The molecule has 0 aromatic heterocycles. The minimum Gasteiger partial charge on any atom is -0.499 e. The van der Waals surface area contributed by atoms with E-state index in [0.717, 1.165) is 25.0 Å². The third kappa shape index (κ3) is 7.61. The maximum absolute atomic E-state index is 8.50. The van der Waals surface area contributed by atoms with E-state index in [1.54, 1.807) is 0 Å². The summed E-state index contributed by atoms with van der Waals surface area (Å²) in [5.41, 5.74) is 0. The Morgan fingerprint density at radius 3 is 2.58 bits per heavy atom. The second-order valence-electron chi connectivity index (χ2n) is 3.42. The molecule has 0 radical (unpaired) electrons. The van der Waals surface area contributed by atoms with Gasteiger partial charge in [0, 0.05) is 13.0 Å². The van der Waals surface area contributed by atoms with Gasteiger partial charge < -0.3 is 9.84 Å². The molecule has 1 N–H and O–H groups in total. The molecule has 12 heavy (non-hydrogen) atoms. The van der Waals surface area contributed by atoms with E-state index >= 15 is 0 Å². The van der Waals surface area contributed by atoms with Crippen molar-refractivity contribution in [1.29, 1.82) is 0 Å². The first-order chi connectivity index (χ1) is 5.66. The van der Waals surface area contributed by atoms with Crippen LogP contribution in [0.5, 0.6) is 0 Å². The van der Waals surface area contributed by atoms with Crippen molar-refractivity contribution in [3.05, 3.63) is 12.3 Å². The van der Waals surface area contributed by atoms with E-state index in [4.69, 9.17) is 9.84 Å². The van der Waals surface area contributed by atoms with Gasteiger partial charge in [-0.15, -0.1) is 0 Å². The zero-order chi connectivity index (χ0) is 9.40. The Bertz CT molecular complexity index is 119. The topological polar surface area (TPSA) is 29.5 Å². The van der Waals surface area contributed by atoms with Crippen molar-refractivity contribution in [2.24, 2.45) is 5.92 Å². The molecule has 0 aromatic carbocycles. The molecule has 0 spiro atoms. The number of unbranched alkanes of at least 4 members (excludes halogenated alkanes) is 1. The van der Waals surface area contributed by atoms with Crippen molar-refractivity contribution in [3.63, 3.8) is 0 Å². The number of aliphatic hydroxyl groups excluding tert-OH is 1. The molecule has 0 atom stereocenters. The average molecular weight is 172 g/mol. The number of allylic oxidation sites excluding steroid dienone is 1. The summed E-state index contributed by atoms with van der Waals surface area (Å²) < 4.78 is 5.35. The van der Waals surface area contributed by atoms with Crippen LogP contribution in [0.25, 0.3) is 0 Å². The van der Waals surface area contributed by atoms with E-state index in [1.807, 2.05) is 0 Å². The first-order valence-corrected chi connectivity index (χ1v) is 4.58. The Hall–Kier alpha value is -0.500. The predicted molar refractivity (Wildman–Crippen MR) is 50.9 cm³/mol. The van der Waals surface area contributed by atoms with Crippen LogP contribution in [0.3, 0.4) is 0 Å². The van der Waals surface area contributed by atoms with Crippen molar-refractivity contribution in [2.75, 3.05) is 13.2 Å². The van der Waals surface area contributed by atoms with E-state index in [-0.39, 0.29) is 6.61 Å². The lowest BCUT2D eigenvalue weighted by atomic mass is 10.1. The van der Waals surface area contributed by atoms with E-state index in [2.05, 4.69) is 20.4 Å². The molecule has 0 heterocycles. The van der Waals surface area contributed by atoms with Gasteiger partial charge in [-0.25, -0.2) is 0 Å². The zero-order valence-electron chi connectivity index (χ0n) is 8.18. The van der Waals surface area contributed by atoms with Gasteiger partial charge in [-0.1, -0.05) is 20.4 Å². The van der Waals surface area contributed by atoms with Crippen molar-refractivity contribution in [1.82, 2.24) is 0 Å². The summed E-state index contributed by atoms with van der Waals surface area (Å²) in [6.45, 7) is 9.03. The molecule has 0 rings (SSSR count). The van der Waals surface area contributed by atoms with Crippen molar-refractivity contribution < 1.29 is 9.84 Å². The molecule has 2 nitrogen and oxygen atoms in total. The largest absolute Gasteiger partial charge is 0.499 e. The molecule has 0 aliphatic heterocycles. The second kappa shape index (κ2) is 7.17. The normalized spacial score (nSPS) is 10.3. The van der Waals surface area contributed by atoms with Gasteiger partial charge >= 0.3 is 0 Å². The van der Waals surface area contributed by atoms with Gasteiger partial charge in [0.25, 0.3) is 0 Å². The Morgan fingerprint density at radius 2 is 2.08 bits per heavy atom. The van der Waals surface area contributed by atoms with Gasteiger partial charge in [0.1, 0.15) is 0 Å².